The van der Waals surface area contributed by atoms with E-state index >= 15 is 0 Å². The van der Waals surface area contributed by atoms with Gasteiger partial charge in [-0.25, -0.2) is 5.16 Å². The lowest BCUT2D eigenvalue weighted by Crippen LogP contribution is -1.74. The number of aryl methyl sites for hydroxylation is 1. The smallest absolute Gasteiger partial charge is 0.165 e. The number of hydrogen-bond acceptors (Lipinski definition) is 2. The normalized spacial score (nSPS) is 10.2. The summed E-state index contributed by atoms with van der Waals surface area (Å²) < 4.78 is 5.78. The quantitative estimate of drug-likeness (QED) is 0.700. The fourth-order valence-corrected chi connectivity index (χ4v) is 1.29. The zero-order chi connectivity index (χ0) is 9.26. The van der Waals surface area contributed by atoms with Crippen molar-refractivity contribution in [3.63, 3.8) is 0 Å². The molecule has 0 saturated carbocycles. The van der Waals surface area contributed by atoms with Crippen LogP contribution in [0.4, 0.5) is 0 Å². The molecule has 2 rings (SSSR count). The summed E-state index contributed by atoms with van der Waals surface area (Å²) in [5.74, 6) is 0.782. The van der Waals surface area contributed by atoms with E-state index in [-0.39, 0.29) is 0 Å². The topological polar surface area (TPSA) is 28.9 Å². The van der Waals surface area contributed by atoms with Crippen molar-refractivity contribution in [2.24, 2.45) is 0 Å². The molecule has 3 heteroatoms. The molecule has 1 N–H and O–H groups in total. The Bertz CT molecular complexity index is 452. The van der Waals surface area contributed by atoms with Crippen molar-refractivity contribution in [2.75, 3.05) is 0 Å². The van der Waals surface area contributed by atoms with Gasteiger partial charge in [-0.2, -0.15) is 0 Å². The van der Waals surface area contributed by atoms with E-state index in [1.54, 1.807) is 6.07 Å². The average Bonchev–Trinajstić information content (AvgIpc) is 2.53. The van der Waals surface area contributed by atoms with E-state index in [2.05, 4.69) is 12.1 Å². The molecular formula is C10H9NOS. The van der Waals surface area contributed by atoms with Crippen molar-refractivity contribution < 1.29 is 4.52 Å². The summed E-state index contributed by atoms with van der Waals surface area (Å²) in [5.41, 5.74) is 2.27. The number of aromatic amines is 1. The summed E-state index contributed by atoms with van der Waals surface area (Å²) in [7, 11) is 0. The lowest BCUT2D eigenvalue weighted by Gasteiger charge is -1.95. The van der Waals surface area contributed by atoms with Crippen molar-refractivity contribution in [1.29, 1.82) is 0 Å². The zero-order valence-electron chi connectivity index (χ0n) is 7.20. The Morgan fingerprint density at radius 3 is 2.46 bits per heavy atom. The van der Waals surface area contributed by atoms with Crippen molar-refractivity contribution in [1.82, 2.24) is 5.16 Å². The van der Waals surface area contributed by atoms with Gasteiger partial charge < -0.3 is 4.52 Å². The fraction of sp³-hybridized carbons (Fsp3) is 0.100. The molecule has 0 unspecified atom stereocenters. The maximum atomic E-state index is 5.16. The Morgan fingerprint density at radius 2 is 1.92 bits per heavy atom. The van der Waals surface area contributed by atoms with Crippen LogP contribution in [-0.4, -0.2) is 5.16 Å². The fourth-order valence-electron chi connectivity index (χ4n) is 1.14. The molecule has 2 nitrogen and oxygen atoms in total. The van der Waals surface area contributed by atoms with Gasteiger partial charge in [0.25, 0.3) is 0 Å². The van der Waals surface area contributed by atoms with Gasteiger partial charge in [-0.1, -0.05) is 42.0 Å². The molecule has 1 heterocycles. The molecular weight excluding hydrogens is 182 g/mol. The van der Waals surface area contributed by atoms with E-state index in [0.29, 0.717) is 4.64 Å². The monoisotopic (exact) mass is 191 g/mol. The van der Waals surface area contributed by atoms with Gasteiger partial charge >= 0.3 is 0 Å². The predicted molar refractivity (Wildman–Crippen MR) is 54.1 cm³/mol. The predicted octanol–water partition coefficient (Wildman–Crippen LogP) is 3.31. The third-order valence-electron chi connectivity index (χ3n) is 1.86. The lowest BCUT2D eigenvalue weighted by atomic mass is 10.1. The van der Waals surface area contributed by atoms with Crippen LogP contribution in [0.2, 0.25) is 0 Å². The van der Waals surface area contributed by atoms with E-state index in [0.717, 1.165) is 11.3 Å². The van der Waals surface area contributed by atoms with Crippen LogP contribution in [0, 0.1) is 11.6 Å². The summed E-state index contributed by atoms with van der Waals surface area (Å²) in [6.07, 6.45) is 0. The van der Waals surface area contributed by atoms with Crippen LogP contribution in [-0.2, 0) is 0 Å². The molecule has 0 amide bonds. The Morgan fingerprint density at radius 1 is 1.23 bits per heavy atom. The van der Waals surface area contributed by atoms with E-state index in [4.69, 9.17) is 16.7 Å². The van der Waals surface area contributed by atoms with Crippen LogP contribution in [0.15, 0.2) is 34.9 Å². The number of aromatic nitrogens is 1. The van der Waals surface area contributed by atoms with Gasteiger partial charge in [-0.05, 0) is 6.92 Å². The van der Waals surface area contributed by atoms with Crippen LogP contribution < -0.4 is 0 Å². The Labute approximate surface area is 81.2 Å². The first-order chi connectivity index (χ1) is 6.25. The molecule has 0 atom stereocenters. The van der Waals surface area contributed by atoms with E-state index in [1.165, 1.54) is 5.56 Å². The Hall–Kier alpha value is -1.35. The van der Waals surface area contributed by atoms with Gasteiger partial charge in [0, 0.05) is 11.6 Å². The second kappa shape index (κ2) is 3.18. The summed E-state index contributed by atoms with van der Waals surface area (Å²) in [4.78, 5) is 0. The molecule has 66 valence electrons. The average molecular weight is 191 g/mol. The molecule has 0 aliphatic carbocycles. The standard InChI is InChI=1S/C10H9NOS/c1-7-2-4-8(5-3-7)9-6-10(13)11-12-9/h2-6H,1H3,(H,11,13). The second-order valence-corrected chi connectivity index (χ2v) is 3.38. The van der Waals surface area contributed by atoms with Gasteiger partial charge in [0.2, 0.25) is 0 Å². The van der Waals surface area contributed by atoms with E-state index in [1.807, 2.05) is 24.3 Å². The number of nitrogens with one attached hydrogen (secondary N) is 1. The minimum Gasteiger partial charge on any atom is -0.381 e. The summed E-state index contributed by atoms with van der Waals surface area (Å²) >= 11 is 4.91. The molecule has 0 aliphatic rings. The Balaban J connectivity index is 2.47. The minimum atomic E-state index is 0.621. The highest BCUT2D eigenvalue weighted by Crippen LogP contribution is 2.18. The molecule has 0 saturated heterocycles. The van der Waals surface area contributed by atoms with Crippen LogP contribution in [0.1, 0.15) is 5.56 Å². The summed E-state index contributed by atoms with van der Waals surface area (Å²) in [5, 5.41) is 2.62. The van der Waals surface area contributed by atoms with Gasteiger partial charge in [-0.15, -0.1) is 0 Å². The first-order valence-electron chi connectivity index (χ1n) is 4.01. The highest BCUT2D eigenvalue weighted by molar-refractivity contribution is 7.71. The first kappa shape index (κ1) is 8.26. The highest BCUT2D eigenvalue weighted by atomic mass is 32.1. The maximum Gasteiger partial charge on any atom is 0.165 e. The Kier molecular flexibility index (Phi) is 2.02. The molecule has 2 aromatic rings. The second-order valence-electron chi connectivity index (χ2n) is 2.94. The molecule has 0 radical (unpaired) electrons. The van der Waals surface area contributed by atoms with Crippen molar-refractivity contribution in [3.8, 4) is 11.3 Å². The van der Waals surface area contributed by atoms with E-state index < -0.39 is 0 Å². The van der Waals surface area contributed by atoms with Crippen LogP contribution in [0.5, 0.6) is 0 Å². The third-order valence-corrected chi connectivity index (χ3v) is 2.06. The van der Waals surface area contributed by atoms with Crippen molar-refractivity contribution in [2.45, 2.75) is 6.92 Å². The zero-order valence-corrected chi connectivity index (χ0v) is 8.02. The first-order valence-corrected chi connectivity index (χ1v) is 4.42. The largest absolute Gasteiger partial charge is 0.381 e. The van der Waals surface area contributed by atoms with Gasteiger partial charge in [0.1, 0.15) is 4.64 Å². The summed E-state index contributed by atoms with van der Waals surface area (Å²) in [6.45, 7) is 2.05. The SMILES string of the molecule is Cc1ccc(-c2cc(=S)[nH]o2)cc1. The molecule has 0 aliphatic heterocycles. The van der Waals surface area contributed by atoms with Gasteiger partial charge in [-0.3, -0.25) is 0 Å². The number of rotatable bonds is 1. The van der Waals surface area contributed by atoms with Crippen molar-refractivity contribution in [3.05, 3.63) is 40.5 Å². The number of hydrogen-bond donors (Lipinski definition) is 1. The number of H-pyrrole nitrogens is 1. The molecule has 0 bridgehead atoms. The van der Waals surface area contributed by atoms with Gasteiger partial charge in [0.05, 0.1) is 0 Å². The van der Waals surface area contributed by atoms with E-state index in [9.17, 15) is 0 Å². The minimum absolute atomic E-state index is 0.621. The molecule has 13 heavy (non-hydrogen) atoms. The molecule has 0 spiro atoms. The summed E-state index contributed by atoms with van der Waals surface area (Å²) in [6, 6.07) is 9.91. The molecule has 0 fully saturated rings. The highest BCUT2D eigenvalue weighted by Gasteiger charge is 2.00. The van der Waals surface area contributed by atoms with Crippen molar-refractivity contribution >= 4 is 12.2 Å². The van der Waals surface area contributed by atoms with Crippen LogP contribution in [0.25, 0.3) is 11.3 Å². The lowest BCUT2D eigenvalue weighted by molar-refractivity contribution is 0.429. The maximum absolute atomic E-state index is 5.16. The van der Waals surface area contributed by atoms with Crippen LogP contribution >= 0.6 is 12.2 Å². The van der Waals surface area contributed by atoms with Gasteiger partial charge in [0.15, 0.2) is 5.76 Å². The third kappa shape index (κ3) is 1.70. The van der Waals surface area contributed by atoms with Crippen LogP contribution in [0.3, 0.4) is 0 Å². The molecule has 1 aromatic carbocycles. The number of benzene rings is 1. The molecule has 1 aromatic heterocycles.